The predicted molar refractivity (Wildman–Crippen MR) is 119 cm³/mol. The quantitative estimate of drug-likeness (QED) is 0.509. The first-order chi connectivity index (χ1) is 14.8. The second-order valence-corrected chi connectivity index (χ2v) is 9.30. The SMILES string of the molecule is CN(C)C(CNC(=O)c1ccc(Cl)c(S(=O)(=O)NCc2ccccc2)c1)c1ccco1. The van der Waals surface area contributed by atoms with Crippen LogP contribution in [0.15, 0.2) is 76.2 Å². The number of amides is 1. The molecule has 0 saturated carbocycles. The predicted octanol–water partition coefficient (Wildman–Crippen LogP) is 3.44. The number of furan rings is 1. The third-order valence-corrected chi connectivity index (χ3v) is 6.63. The number of benzene rings is 2. The maximum atomic E-state index is 12.8. The molecule has 0 aliphatic rings. The summed E-state index contributed by atoms with van der Waals surface area (Å²) in [6.45, 7) is 0.403. The van der Waals surface area contributed by atoms with E-state index in [2.05, 4.69) is 10.0 Å². The molecule has 0 saturated heterocycles. The molecule has 0 fully saturated rings. The standard InChI is InChI=1S/C22H24ClN3O4S/c1-26(2)19(20-9-6-12-30-20)15-24-22(27)17-10-11-18(23)21(13-17)31(28,29)25-14-16-7-4-3-5-8-16/h3-13,19,25H,14-15H2,1-2H3,(H,24,27). The van der Waals surface area contributed by atoms with Gasteiger partial charge in [-0.15, -0.1) is 0 Å². The molecular formula is C22H24ClN3O4S. The summed E-state index contributed by atoms with van der Waals surface area (Å²) in [6, 6.07) is 16.8. The summed E-state index contributed by atoms with van der Waals surface area (Å²) in [7, 11) is -0.151. The van der Waals surface area contributed by atoms with Gasteiger partial charge in [0.05, 0.1) is 17.3 Å². The van der Waals surface area contributed by atoms with Gasteiger partial charge in [-0.25, -0.2) is 13.1 Å². The van der Waals surface area contributed by atoms with Gasteiger partial charge in [0.15, 0.2) is 0 Å². The average molecular weight is 462 g/mol. The number of hydrogen-bond acceptors (Lipinski definition) is 5. The minimum atomic E-state index is -3.91. The van der Waals surface area contributed by atoms with Gasteiger partial charge in [-0.05, 0) is 50.0 Å². The second-order valence-electron chi connectivity index (χ2n) is 7.16. The van der Waals surface area contributed by atoms with Crippen molar-refractivity contribution in [3.8, 4) is 0 Å². The molecule has 0 bridgehead atoms. The summed E-state index contributed by atoms with van der Waals surface area (Å²) >= 11 is 6.13. The van der Waals surface area contributed by atoms with Crippen molar-refractivity contribution < 1.29 is 17.6 Å². The smallest absolute Gasteiger partial charge is 0.251 e. The Kier molecular flexibility index (Phi) is 7.50. The second kappa shape index (κ2) is 10.1. The van der Waals surface area contributed by atoms with Crippen LogP contribution in [0.25, 0.3) is 0 Å². The lowest BCUT2D eigenvalue weighted by Gasteiger charge is -2.22. The molecule has 0 aliphatic carbocycles. The molecule has 0 radical (unpaired) electrons. The Morgan fingerprint density at radius 1 is 1.10 bits per heavy atom. The third kappa shape index (κ3) is 5.95. The molecule has 31 heavy (non-hydrogen) atoms. The Labute approximate surface area is 187 Å². The molecule has 164 valence electrons. The largest absolute Gasteiger partial charge is 0.468 e. The Hall–Kier alpha value is -2.65. The van der Waals surface area contributed by atoms with Gasteiger partial charge < -0.3 is 9.73 Å². The van der Waals surface area contributed by atoms with Crippen LogP contribution in [0, 0.1) is 0 Å². The zero-order valence-electron chi connectivity index (χ0n) is 17.2. The molecule has 2 aromatic carbocycles. The first-order valence-electron chi connectivity index (χ1n) is 9.59. The first kappa shape index (κ1) is 23.0. The first-order valence-corrected chi connectivity index (χ1v) is 11.4. The molecular weight excluding hydrogens is 438 g/mol. The molecule has 2 N–H and O–H groups in total. The Morgan fingerprint density at radius 2 is 1.84 bits per heavy atom. The van der Waals surface area contributed by atoms with E-state index in [1.807, 2.05) is 55.4 Å². The van der Waals surface area contributed by atoms with Crippen molar-refractivity contribution in [2.75, 3.05) is 20.6 Å². The van der Waals surface area contributed by atoms with E-state index in [9.17, 15) is 13.2 Å². The van der Waals surface area contributed by atoms with E-state index in [1.165, 1.54) is 18.2 Å². The highest BCUT2D eigenvalue weighted by molar-refractivity contribution is 7.89. The van der Waals surface area contributed by atoms with Gasteiger partial charge in [-0.1, -0.05) is 41.9 Å². The highest BCUT2D eigenvalue weighted by Gasteiger charge is 2.22. The van der Waals surface area contributed by atoms with Crippen molar-refractivity contribution >= 4 is 27.5 Å². The van der Waals surface area contributed by atoms with E-state index in [1.54, 1.807) is 12.3 Å². The molecule has 0 aliphatic heterocycles. The normalized spacial score (nSPS) is 12.6. The van der Waals surface area contributed by atoms with E-state index in [0.29, 0.717) is 0 Å². The van der Waals surface area contributed by atoms with Crippen molar-refractivity contribution in [1.29, 1.82) is 0 Å². The molecule has 9 heteroatoms. The highest BCUT2D eigenvalue weighted by atomic mass is 35.5. The summed E-state index contributed by atoms with van der Waals surface area (Å²) in [4.78, 5) is 14.5. The average Bonchev–Trinajstić information content (AvgIpc) is 3.27. The maximum Gasteiger partial charge on any atom is 0.251 e. The number of likely N-dealkylation sites (N-methyl/N-ethyl adjacent to an activating group) is 1. The molecule has 0 spiro atoms. The summed E-state index contributed by atoms with van der Waals surface area (Å²) < 4.78 is 33.5. The van der Waals surface area contributed by atoms with Gasteiger partial charge in [0, 0.05) is 18.7 Å². The zero-order chi connectivity index (χ0) is 22.4. The van der Waals surface area contributed by atoms with Gasteiger partial charge in [0.25, 0.3) is 5.91 Å². The van der Waals surface area contributed by atoms with Crippen LogP contribution in [-0.2, 0) is 16.6 Å². The van der Waals surface area contributed by atoms with Gasteiger partial charge in [-0.2, -0.15) is 0 Å². The van der Waals surface area contributed by atoms with Gasteiger partial charge in [0.1, 0.15) is 10.7 Å². The van der Waals surface area contributed by atoms with Crippen molar-refractivity contribution in [2.24, 2.45) is 0 Å². The fourth-order valence-corrected chi connectivity index (χ4v) is 4.55. The number of nitrogens with one attached hydrogen (secondary N) is 2. The fraction of sp³-hybridized carbons (Fsp3) is 0.227. The number of sulfonamides is 1. The minimum Gasteiger partial charge on any atom is -0.468 e. The van der Waals surface area contributed by atoms with Crippen molar-refractivity contribution in [1.82, 2.24) is 14.9 Å². The van der Waals surface area contributed by atoms with Crippen LogP contribution in [0.5, 0.6) is 0 Å². The summed E-state index contributed by atoms with van der Waals surface area (Å²) in [6.07, 6.45) is 1.58. The summed E-state index contributed by atoms with van der Waals surface area (Å²) in [5, 5.41) is 2.87. The van der Waals surface area contributed by atoms with Crippen LogP contribution >= 0.6 is 11.6 Å². The Bertz CT molecular complexity index is 1120. The lowest BCUT2D eigenvalue weighted by atomic mass is 10.1. The molecule has 1 heterocycles. The van der Waals surface area contributed by atoms with Gasteiger partial charge >= 0.3 is 0 Å². The van der Waals surface area contributed by atoms with Crippen LogP contribution in [0.3, 0.4) is 0 Å². The molecule has 1 amide bonds. The number of nitrogens with zero attached hydrogens (tertiary/aromatic N) is 1. The van der Waals surface area contributed by atoms with E-state index in [0.717, 1.165) is 11.3 Å². The Morgan fingerprint density at radius 3 is 2.48 bits per heavy atom. The minimum absolute atomic E-state index is 0.0406. The van der Waals surface area contributed by atoms with Gasteiger partial charge in [0.2, 0.25) is 10.0 Å². The van der Waals surface area contributed by atoms with Crippen LogP contribution in [0.1, 0.15) is 27.7 Å². The third-order valence-electron chi connectivity index (χ3n) is 4.74. The van der Waals surface area contributed by atoms with E-state index < -0.39 is 15.9 Å². The molecule has 3 aromatic rings. The lowest BCUT2D eigenvalue weighted by molar-refractivity contribution is 0.0939. The monoisotopic (exact) mass is 461 g/mol. The summed E-state index contributed by atoms with van der Waals surface area (Å²) in [5.74, 6) is 0.310. The molecule has 1 unspecified atom stereocenters. The topological polar surface area (TPSA) is 91.7 Å². The highest BCUT2D eigenvalue weighted by Crippen LogP contribution is 2.23. The number of rotatable bonds is 9. The van der Waals surface area contributed by atoms with Crippen LogP contribution in [0.4, 0.5) is 0 Å². The number of hydrogen-bond donors (Lipinski definition) is 2. The van der Waals surface area contributed by atoms with Crippen LogP contribution < -0.4 is 10.0 Å². The van der Waals surface area contributed by atoms with Crippen molar-refractivity contribution in [3.63, 3.8) is 0 Å². The van der Waals surface area contributed by atoms with Crippen LogP contribution in [0.2, 0.25) is 5.02 Å². The van der Waals surface area contributed by atoms with Crippen molar-refractivity contribution in [3.05, 3.63) is 88.8 Å². The van der Waals surface area contributed by atoms with Gasteiger partial charge in [-0.3, -0.25) is 9.69 Å². The van der Waals surface area contributed by atoms with Crippen LogP contribution in [-0.4, -0.2) is 39.9 Å². The number of carbonyl (C=O) groups is 1. The molecule has 1 aromatic heterocycles. The fourth-order valence-electron chi connectivity index (χ4n) is 3.01. The van der Waals surface area contributed by atoms with E-state index in [-0.39, 0.29) is 34.6 Å². The zero-order valence-corrected chi connectivity index (χ0v) is 18.8. The molecule has 1 atom stereocenters. The maximum absolute atomic E-state index is 12.8. The molecule has 3 rings (SSSR count). The number of halogens is 1. The van der Waals surface area contributed by atoms with E-state index in [4.69, 9.17) is 16.0 Å². The lowest BCUT2D eigenvalue weighted by Crippen LogP contribution is -2.34. The number of carbonyl (C=O) groups excluding carboxylic acids is 1. The molecule has 7 nitrogen and oxygen atoms in total. The van der Waals surface area contributed by atoms with Crippen molar-refractivity contribution in [2.45, 2.75) is 17.5 Å². The summed E-state index contributed by atoms with van der Waals surface area (Å²) in [5.41, 5.74) is 1.00. The Balaban J connectivity index is 1.72. The van der Waals surface area contributed by atoms with E-state index >= 15 is 0 Å².